The quantitative estimate of drug-likeness (QED) is 0.661. The summed E-state index contributed by atoms with van der Waals surface area (Å²) in [6.07, 6.45) is 3.52. The first kappa shape index (κ1) is 21.4. The van der Waals surface area contributed by atoms with Crippen molar-refractivity contribution in [3.8, 4) is 0 Å². The van der Waals surface area contributed by atoms with Crippen molar-refractivity contribution < 1.29 is 18.4 Å². The Kier molecular flexibility index (Phi) is 6.32. The molecule has 0 spiro atoms. The molecule has 2 heterocycles. The summed E-state index contributed by atoms with van der Waals surface area (Å²) in [5, 5.41) is 5.34. The Morgan fingerprint density at radius 1 is 0.968 bits per heavy atom. The summed E-state index contributed by atoms with van der Waals surface area (Å²) in [5.74, 6) is -1.36. The molecule has 1 unspecified atom stereocenters. The lowest BCUT2D eigenvalue weighted by Gasteiger charge is -2.40. The number of piperidine rings is 1. The lowest BCUT2D eigenvalue weighted by atomic mass is 9.74. The smallest absolute Gasteiger partial charge is 0.322 e. The molecule has 0 bridgehead atoms. The van der Waals surface area contributed by atoms with Crippen LogP contribution in [-0.2, 0) is 17.8 Å². The Balaban J connectivity index is 1.40. The number of nitrogens with zero attached hydrogens (tertiary/aromatic N) is 1. The number of carbonyl (C=O) groups is 2. The molecule has 1 atom stereocenters. The molecule has 5 nitrogen and oxygen atoms in total. The van der Waals surface area contributed by atoms with Crippen molar-refractivity contribution >= 4 is 11.9 Å². The van der Waals surface area contributed by atoms with Crippen LogP contribution in [0.1, 0.15) is 36.8 Å². The SMILES string of the molecule is O=C1NC(=O)C(CCCc2ccccc2)(C2CCN(Cc3c(F)cccc3F)CC2)N1. The molecule has 2 aromatic rings. The molecule has 2 aliphatic heterocycles. The summed E-state index contributed by atoms with van der Waals surface area (Å²) >= 11 is 0. The number of hydrogen-bond acceptors (Lipinski definition) is 3. The van der Waals surface area contributed by atoms with Crippen molar-refractivity contribution in [2.45, 2.75) is 44.2 Å². The molecule has 0 radical (unpaired) electrons. The first-order chi connectivity index (χ1) is 15.0. The molecule has 2 fully saturated rings. The second-order valence-corrected chi connectivity index (χ2v) is 8.47. The van der Waals surface area contributed by atoms with Gasteiger partial charge in [0.1, 0.15) is 17.2 Å². The standard InChI is InChI=1S/C24H27F2N3O2/c25-20-9-4-10-21(26)19(20)16-29-14-11-18(12-15-29)24(22(30)27-23(31)28-24)13-5-8-17-6-2-1-3-7-17/h1-4,6-7,9-10,18H,5,8,11-16H2,(H2,27,28,30,31). The average Bonchev–Trinajstić information content (AvgIpc) is 3.06. The molecule has 164 valence electrons. The second kappa shape index (κ2) is 9.14. The molecule has 7 heteroatoms. The van der Waals surface area contributed by atoms with E-state index in [0.717, 1.165) is 12.8 Å². The molecule has 3 amide bonds. The van der Waals surface area contributed by atoms with Crippen molar-refractivity contribution in [2.24, 2.45) is 5.92 Å². The van der Waals surface area contributed by atoms with E-state index < -0.39 is 23.2 Å². The third kappa shape index (κ3) is 4.61. The lowest BCUT2D eigenvalue weighted by Crippen LogP contribution is -2.56. The summed E-state index contributed by atoms with van der Waals surface area (Å²) in [4.78, 5) is 26.8. The van der Waals surface area contributed by atoms with E-state index in [1.54, 1.807) is 0 Å². The predicted octanol–water partition coefficient (Wildman–Crippen LogP) is 3.78. The van der Waals surface area contributed by atoms with Crippen LogP contribution >= 0.6 is 0 Å². The summed E-state index contributed by atoms with van der Waals surface area (Å²) < 4.78 is 28.0. The van der Waals surface area contributed by atoms with Gasteiger partial charge in [-0.15, -0.1) is 0 Å². The van der Waals surface area contributed by atoms with Gasteiger partial charge in [0.2, 0.25) is 0 Å². The number of carbonyl (C=O) groups excluding carboxylic acids is 2. The summed E-state index contributed by atoms with van der Waals surface area (Å²) in [7, 11) is 0. The molecular formula is C24H27F2N3O2. The zero-order valence-corrected chi connectivity index (χ0v) is 17.4. The van der Waals surface area contributed by atoms with Crippen LogP contribution in [0.15, 0.2) is 48.5 Å². The molecule has 0 saturated carbocycles. The van der Waals surface area contributed by atoms with Gasteiger partial charge in [0.05, 0.1) is 0 Å². The Hall–Kier alpha value is -2.80. The predicted molar refractivity (Wildman–Crippen MR) is 113 cm³/mol. The normalized spacial score (nSPS) is 22.4. The van der Waals surface area contributed by atoms with Crippen molar-refractivity contribution in [3.63, 3.8) is 0 Å². The Morgan fingerprint density at radius 2 is 1.65 bits per heavy atom. The van der Waals surface area contributed by atoms with E-state index in [4.69, 9.17) is 0 Å². The van der Waals surface area contributed by atoms with E-state index >= 15 is 0 Å². The first-order valence-electron chi connectivity index (χ1n) is 10.8. The summed E-state index contributed by atoms with van der Waals surface area (Å²) in [6.45, 7) is 1.43. The van der Waals surface area contributed by atoms with Gasteiger partial charge in [0.15, 0.2) is 0 Å². The Bertz CT molecular complexity index is 925. The van der Waals surface area contributed by atoms with Crippen molar-refractivity contribution in [1.29, 1.82) is 0 Å². The minimum atomic E-state index is -0.915. The molecule has 0 aromatic heterocycles. The van der Waals surface area contributed by atoms with Crippen LogP contribution in [0, 0.1) is 17.6 Å². The number of halogens is 2. The maximum absolute atomic E-state index is 14.0. The molecule has 0 aliphatic carbocycles. The number of benzene rings is 2. The fourth-order valence-corrected chi connectivity index (χ4v) is 4.88. The van der Waals surface area contributed by atoms with Gasteiger partial charge < -0.3 is 5.32 Å². The number of amides is 3. The average molecular weight is 427 g/mol. The molecule has 4 rings (SSSR count). The lowest BCUT2D eigenvalue weighted by molar-refractivity contribution is -0.127. The van der Waals surface area contributed by atoms with Crippen LogP contribution in [0.3, 0.4) is 0 Å². The first-order valence-corrected chi connectivity index (χ1v) is 10.8. The molecular weight excluding hydrogens is 400 g/mol. The highest BCUT2D eigenvalue weighted by Gasteiger charge is 2.51. The maximum Gasteiger partial charge on any atom is 0.322 e. The minimum absolute atomic E-state index is 0.0172. The molecule has 2 aliphatic rings. The topological polar surface area (TPSA) is 61.4 Å². The number of hydrogen-bond donors (Lipinski definition) is 2. The van der Waals surface area contributed by atoms with Gasteiger partial charge in [0.25, 0.3) is 5.91 Å². The third-order valence-corrected chi connectivity index (χ3v) is 6.58. The molecule has 2 aromatic carbocycles. The minimum Gasteiger partial charge on any atom is -0.323 e. The van der Waals surface area contributed by atoms with Crippen LogP contribution in [-0.4, -0.2) is 35.5 Å². The van der Waals surface area contributed by atoms with Crippen LogP contribution < -0.4 is 10.6 Å². The number of urea groups is 1. The third-order valence-electron chi connectivity index (χ3n) is 6.58. The summed E-state index contributed by atoms with van der Waals surface area (Å²) in [5.41, 5.74) is 0.357. The number of rotatable bonds is 7. The number of aryl methyl sites for hydroxylation is 1. The van der Waals surface area contributed by atoms with E-state index in [-0.39, 0.29) is 23.9 Å². The van der Waals surface area contributed by atoms with Crippen LogP contribution in [0.25, 0.3) is 0 Å². The Labute approximate surface area is 180 Å². The van der Waals surface area contributed by atoms with E-state index in [9.17, 15) is 18.4 Å². The van der Waals surface area contributed by atoms with Gasteiger partial charge in [0, 0.05) is 12.1 Å². The molecule has 2 saturated heterocycles. The van der Waals surface area contributed by atoms with Crippen LogP contribution in [0.2, 0.25) is 0 Å². The van der Waals surface area contributed by atoms with E-state index in [1.807, 2.05) is 23.1 Å². The fraction of sp³-hybridized carbons (Fsp3) is 0.417. The van der Waals surface area contributed by atoms with Gasteiger partial charge in [-0.05, 0) is 68.8 Å². The Morgan fingerprint density at radius 3 is 2.26 bits per heavy atom. The largest absolute Gasteiger partial charge is 0.323 e. The number of nitrogens with one attached hydrogen (secondary N) is 2. The zero-order valence-electron chi connectivity index (χ0n) is 17.4. The fourth-order valence-electron chi connectivity index (χ4n) is 4.88. The van der Waals surface area contributed by atoms with Gasteiger partial charge in [-0.2, -0.15) is 0 Å². The number of likely N-dealkylation sites (tertiary alicyclic amines) is 1. The van der Waals surface area contributed by atoms with E-state index in [0.29, 0.717) is 32.4 Å². The van der Waals surface area contributed by atoms with Gasteiger partial charge >= 0.3 is 6.03 Å². The van der Waals surface area contributed by atoms with Crippen molar-refractivity contribution in [1.82, 2.24) is 15.5 Å². The second-order valence-electron chi connectivity index (χ2n) is 8.47. The molecule has 2 N–H and O–H groups in total. The van der Waals surface area contributed by atoms with E-state index in [2.05, 4.69) is 22.8 Å². The highest BCUT2D eigenvalue weighted by Crippen LogP contribution is 2.35. The highest BCUT2D eigenvalue weighted by molar-refractivity contribution is 6.07. The highest BCUT2D eigenvalue weighted by atomic mass is 19.1. The zero-order chi connectivity index (χ0) is 21.8. The van der Waals surface area contributed by atoms with Gasteiger partial charge in [-0.25, -0.2) is 13.6 Å². The van der Waals surface area contributed by atoms with Crippen molar-refractivity contribution in [2.75, 3.05) is 13.1 Å². The molecule has 31 heavy (non-hydrogen) atoms. The number of imide groups is 1. The van der Waals surface area contributed by atoms with Crippen molar-refractivity contribution in [3.05, 3.63) is 71.3 Å². The maximum atomic E-state index is 14.0. The summed E-state index contributed by atoms with van der Waals surface area (Å²) in [6, 6.07) is 13.5. The monoisotopic (exact) mass is 427 g/mol. The van der Waals surface area contributed by atoms with Crippen LogP contribution in [0.5, 0.6) is 0 Å². The van der Waals surface area contributed by atoms with Gasteiger partial charge in [-0.1, -0.05) is 36.4 Å². The van der Waals surface area contributed by atoms with Gasteiger partial charge in [-0.3, -0.25) is 15.0 Å². The van der Waals surface area contributed by atoms with E-state index in [1.165, 1.54) is 23.8 Å². The van der Waals surface area contributed by atoms with Crippen LogP contribution in [0.4, 0.5) is 13.6 Å².